The summed E-state index contributed by atoms with van der Waals surface area (Å²) in [5, 5.41) is 22.7. The molecule has 0 aromatic heterocycles. The second kappa shape index (κ2) is 6.68. The fourth-order valence-corrected chi connectivity index (χ4v) is 4.82. The minimum absolute atomic E-state index is 0.0573. The lowest BCUT2D eigenvalue weighted by Crippen LogP contribution is -2.25. The summed E-state index contributed by atoms with van der Waals surface area (Å²) in [6.45, 7) is 4.41. The molecule has 4 atom stereocenters. The first-order valence-electron chi connectivity index (χ1n) is 10.4. The van der Waals surface area contributed by atoms with Crippen molar-refractivity contribution in [3.05, 3.63) is 47.0 Å². The quantitative estimate of drug-likeness (QED) is 0.684. The number of aliphatic hydroxyl groups excluding tert-OH is 1. The van der Waals surface area contributed by atoms with E-state index in [1.807, 2.05) is 18.2 Å². The highest BCUT2D eigenvalue weighted by Gasteiger charge is 2.61. The Morgan fingerprint density at radius 1 is 1.21 bits per heavy atom. The van der Waals surface area contributed by atoms with E-state index in [-0.39, 0.29) is 17.9 Å². The van der Waals surface area contributed by atoms with Crippen molar-refractivity contribution < 1.29 is 19.7 Å². The summed E-state index contributed by atoms with van der Waals surface area (Å²) in [4.78, 5) is 0. The lowest BCUT2D eigenvalue weighted by atomic mass is 9.92. The molecule has 0 saturated heterocycles. The van der Waals surface area contributed by atoms with Crippen LogP contribution in [0.15, 0.2) is 30.3 Å². The number of hydrogen-bond donors (Lipinski definition) is 3. The summed E-state index contributed by atoms with van der Waals surface area (Å²) >= 11 is 0. The van der Waals surface area contributed by atoms with Crippen molar-refractivity contribution in [2.24, 2.45) is 5.92 Å². The van der Waals surface area contributed by atoms with E-state index in [1.54, 1.807) is 0 Å². The van der Waals surface area contributed by atoms with E-state index in [9.17, 15) is 10.2 Å². The molecular formula is C23H27NO4. The number of rotatable bonds is 5. The third-order valence-corrected chi connectivity index (χ3v) is 6.50. The molecule has 0 amide bonds. The van der Waals surface area contributed by atoms with E-state index in [4.69, 9.17) is 9.47 Å². The van der Waals surface area contributed by atoms with Crippen molar-refractivity contribution in [2.45, 2.75) is 63.9 Å². The monoisotopic (exact) mass is 381 g/mol. The van der Waals surface area contributed by atoms with Crippen LogP contribution in [0.25, 0.3) is 0 Å². The van der Waals surface area contributed by atoms with E-state index < -0.39 is 6.29 Å². The predicted molar refractivity (Wildman–Crippen MR) is 107 cm³/mol. The summed E-state index contributed by atoms with van der Waals surface area (Å²) < 4.78 is 12.1. The van der Waals surface area contributed by atoms with Gasteiger partial charge in [0.25, 0.3) is 0 Å². The van der Waals surface area contributed by atoms with E-state index >= 15 is 0 Å². The molecule has 1 saturated carbocycles. The van der Waals surface area contributed by atoms with Gasteiger partial charge in [0.15, 0.2) is 6.29 Å². The Morgan fingerprint density at radius 2 is 2.07 bits per heavy atom. The van der Waals surface area contributed by atoms with Gasteiger partial charge in [-0.2, -0.15) is 0 Å². The first-order valence-corrected chi connectivity index (χ1v) is 10.4. The van der Waals surface area contributed by atoms with Gasteiger partial charge in [-0.25, -0.2) is 0 Å². The first kappa shape index (κ1) is 17.8. The smallest absolute Gasteiger partial charge is 0.158 e. The number of nitrogens with one attached hydrogen (secondary N) is 1. The minimum atomic E-state index is -1.33. The highest BCUT2D eigenvalue weighted by Crippen LogP contribution is 2.60. The lowest BCUT2D eigenvalue weighted by molar-refractivity contribution is -0.0656. The first-order chi connectivity index (χ1) is 13.6. The third-order valence-electron chi connectivity index (χ3n) is 6.50. The van der Waals surface area contributed by atoms with Gasteiger partial charge in [0.1, 0.15) is 23.4 Å². The van der Waals surface area contributed by atoms with E-state index in [0.717, 1.165) is 48.5 Å². The molecule has 1 unspecified atom stereocenters. The maximum absolute atomic E-state index is 9.49. The molecule has 1 aliphatic carbocycles. The third kappa shape index (κ3) is 2.76. The summed E-state index contributed by atoms with van der Waals surface area (Å²) in [5.74, 6) is 2.33. The molecular weight excluding hydrogens is 354 g/mol. The van der Waals surface area contributed by atoms with Crippen molar-refractivity contribution in [3.8, 4) is 17.2 Å². The number of aliphatic hydroxyl groups is 2. The van der Waals surface area contributed by atoms with Gasteiger partial charge in [-0.1, -0.05) is 19.9 Å². The molecule has 5 rings (SSSR count). The van der Waals surface area contributed by atoms with E-state index in [1.165, 1.54) is 16.8 Å². The SMILES string of the molecule is CCc1ccc(Oc2ccc3c(c2)[C@H]2[C@@H](O3)[C@@H]2C(O)O)c2c1NC(CC)CC2. The van der Waals surface area contributed by atoms with Crippen LogP contribution in [0, 0.1) is 5.92 Å². The van der Waals surface area contributed by atoms with Crippen molar-refractivity contribution >= 4 is 5.69 Å². The van der Waals surface area contributed by atoms with Gasteiger partial charge in [0.05, 0.1) is 5.92 Å². The molecule has 0 radical (unpaired) electrons. The van der Waals surface area contributed by atoms with Gasteiger partial charge in [-0.3, -0.25) is 0 Å². The number of benzene rings is 2. The Balaban J connectivity index is 1.44. The van der Waals surface area contributed by atoms with E-state index in [0.29, 0.717) is 6.04 Å². The standard InChI is InChI=1S/C23H27NO4/c1-3-12-5-9-17(15-8-6-13(4-2)24-21(12)15)27-14-7-10-18-16(11-14)19-20(23(25)26)22(19)28-18/h5,7,9-11,13,19-20,22-26H,3-4,6,8H2,1-2H3/t13?,19-,20-,22-/m1/s1. The van der Waals surface area contributed by atoms with Gasteiger partial charge in [0.2, 0.25) is 0 Å². The van der Waals surface area contributed by atoms with Crippen LogP contribution in [0.1, 0.15) is 49.3 Å². The number of hydrogen-bond acceptors (Lipinski definition) is 5. The normalized spacial score (nSPS) is 26.8. The molecule has 2 aromatic rings. The molecule has 3 N–H and O–H groups in total. The number of aryl methyl sites for hydroxylation is 1. The van der Waals surface area contributed by atoms with Gasteiger partial charge in [-0.05, 0) is 55.5 Å². The van der Waals surface area contributed by atoms with Crippen molar-refractivity contribution in [3.63, 3.8) is 0 Å². The molecule has 5 nitrogen and oxygen atoms in total. The van der Waals surface area contributed by atoms with Crippen LogP contribution in [-0.4, -0.2) is 28.6 Å². The Labute approximate surface area is 165 Å². The topological polar surface area (TPSA) is 71.0 Å². The lowest BCUT2D eigenvalue weighted by Gasteiger charge is -2.29. The minimum Gasteiger partial charge on any atom is -0.489 e. The van der Waals surface area contributed by atoms with Crippen LogP contribution >= 0.6 is 0 Å². The summed E-state index contributed by atoms with van der Waals surface area (Å²) in [6.07, 6.45) is 2.80. The largest absolute Gasteiger partial charge is 0.489 e. The van der Waals surface area contributed by atoms with Crippen LogP contribution in [-0.2, 0) is 12.8 Å². The second-order valence-corrected chi connectivity index (χ2v) is 8.12. The van der Waals surface area contributed by atoms with Crippen LogP contribution in [0.3, 0.4) is 0 Å². The van der Waals surface area contributed by atoms with Crippen LogP contribution in [0.2, 0.25) is 0 Å². The number of fused-ring (bicyclic) bond motifs is 4. The zero-order chi connectivity index (χ0) is 19.4. The maximum Gasteiger partial charge on any atom is 0.158 e. The fourth-order valence-electron chi connectivity index (χ4n) is 4.82. The fraction of sp³-hybridized carbons (Fsp3) is 0.478. The number of anilines is 1. The second-order valence-electron chi connectivity index (χ2n) is 8.12. The molecule has 2 aliphatic heterocycles. The Hall–Kier alpha value is -2.24. The molecule has 28 heavy (non-hydrogen) atoms. The van der Waals surface area contributed by atoms with Crippen molar-refractivity contribution in [1.29, 1.82) is 0 Å². The Bertz CT molecular complexity index is 910. The van der Waals surface area contributed by atoms with Crippen LogP contribution < -0.4 is 14.8 Å². The van der Waals surface area contributed by atoms with Gasteiger partial charge < -0.3 is 25.0 Å². The maximum atomic E-state index is 9.49. The van der Waals surface area contributed by atoms with E-state index in [2.05, 4.69) is 31.3 Å². The molecule has 1 fully saturated rings. The van der Waals surface area contributed by atoms with Crippen molar-refractivity contribution in [2.75, 3.05) is 5.32 Å². The zero-order valence-corrected chi connectivity index (χ0v) is 16.3. The highest BCUT2D eigenvalue weighted by molar-refractivity contribution is 5.65. The Morgan fingerprint density at radius 3 is 2.82 bits per heavy atom. The molecule has 0 spiro atoms. The summed E-state index contributed by atoms with van der Waals surface area (Å²) in [7, 11) is 0. The molecule has 0 bridgehead atoms. The summed E-state index contributed by atoms with van der Waals surface area (Å²) in [5.41, 5.74) is 4.86. The molecule has 2 aromatic carbocycles. The number of ether oxygens (including phenoxy) is 2. The van der Waals surface area contributed by atoms with Gasteiger partial charge in [0, 0.05) is 28.8 Å². The zero-order valence-electron chi connectivity index (χ0n) is 16.3. The molecule has 148 valence electrons. The van der Waals surface area contributed by atoms with Crippen LogP contribution in [0.4, 0.5) is 5.69 Å². The predicted octanol–water partition coefficient (Wildman–Crippen LogP) is 3.96. The highest BCUT2D eigenvalue weighted by atomic mass is 16.5. The van der Waals surface area contributed by atoms with Gasteiger partial charge in [-0.15, -0.1) is 0 Å². The van der Waals surface area contributed by atoms with Crippen LogP contribution in [0.5, 0.6) is 17.2 Å². The molecule has 5 heteroatoms. The average molecular weight is 381 g/mol. The van der Waals surface area contributed by atoms with Crippen molar-refractivity contribution in [1.82, 2.24) is 0 Å². The Kier molecular flexibility index (Phi) is 4.25. The van der Waals surface area contributed by atoms with Gasteiger partial charge >= 0.3 is 0 Å². The molecule has 3 aliphatic rings. The average Bonchev–Trinajstić information content (AvgIpc) is 3.32. The molecule has 2 heterocycles. The summed E-state index contributed by atoms with van der Waals surface area (Å²) in [6, 6.07) is 10.6.